The van der Waals surface area contributed by atoms with Crippen molar-refractivity contribution < 1.29 is 0 Å². The van der Waals surface area contributed by atoms with Gasteiger partial charge in [0, 0.05) is 6.04 Å². The average molecular weight is 177 g/mol. The maximum atomic E-state index is 3.34. The standard InChI is InChI=1S/C12H19N/c1-9(2)12(13-4)11-7-5-10(3)6-8-11/h5-9,12-13H,1-4H3. The minimum absolute atomic E-state index is 0.473. The van der Waals surface area contributed by atoms with E-state index in [2.05, 4.69) is 50.4 Å². The van der Waals surface area contributed by atoms with E-state index in [1.807, 2.05) is 7.05 Å². The first kappa shape index (κ1) is 10.3. The molecule has 72 valence electrons. The summed E-state index contributed by atoms with van der Waals surface area (Å²) in [6.07, 6.45) is 0. The molecule has 1 nitrogen and oxygen atoms in total. The maximum Gasteiger partial charge on any atom is 0.0340 e. The molecular weight excluding hydrogens is 158 g/mol. The van der Waals surface area contributed by atoms with Crippen LogP contribution in [-0.2, 0) is 0 Å². The van der Waals surface area contributed by atoms with Crippen LogP contribution in [0.3, 0.4) is 0 Å². The van der Waals surface area contributed by atoms with Crippen LogP contribution in [-0.4, -0.2) is 7.05 Å². The lowest BCUT2D eigenvalue weighted by Gasteiger charge is -2.20. The Bertz CT molecular complexity index is 248. The molecule has 0 aliphatic carbocycles. The van der Waals surface area contributed by atoms with E-state index in [4.69, 9.17) is 0 Å². The van der Waals surface area contributed by atoms with Gasteiger partial charge < -0.3 is 5.32 Å². The zero-order valence-corrected chi connectivity index (χ0v) is 8.96. The van der Waals surface area contributed by atoms with E-state index in [0.717, 1.165) is 0 Å². The van der Waals surface area contributed by atoms with Crippen molar-refractivity contribution >= 4 is 0 Å². The second-order valence-electron chi connectivity index (χ2n) is 3.92. The normalized spacial score (nSPS) is 13.3. The molecule has 0 aliphatic rings. The van der Waals surface area contributed by atoms with Gasteiger partial charge in [0.05, 0.1) is 0 Å². The van der Waals surface area contributed by atoms with Gasteiger partial charge in [-0.25, -0.2) is 0 Å². The largest absolute Gasteiger partial charge is 0.313 e. The van der Waals surface area contributed by atoms with Crippen LogP contribution in [0.25, 0.3) is 0 Å². The fourth-order valence-electron chi connectivity index (χ4n) is 1.66. The van der Waals surface area contributed by atoms with Crippen LogP contribution in [0.4, 0.5) is 0 Å². The lowest BCUT2D eigenvalue weighted by atomic mass is 9.96. The Balaban J connectivity index is 2.86. The van der Waals surface area contributed by atoms with Gasteiger partial charge in [-0.3, -0.25) is 0 Å². The molecule has 1 atom stereocenters. The Morgan fingerprint density at radius 2 is 1.62 bits per heavy atom. The van der Waals surface area contributed by atoms with E-state index in [0.29, 0.717) is 12.0 Å². The fraction of sp³-hybridized carbons (Fsp3) is 0.500. The first-order valence-corrected chi connectivity index (χ1v) is 4.89. The number of hydrogen-bond donors (Lipinski definition) is 1. The summed E-state index contributed by atoms with van der Waals surface area (Å²) in [6, 6.07) is 9.22. The van der Waals surface area contributed by atoms with Gasteiger partial charge >= 0.3 is 0 Å². The molecule has 0 aliphatic heterocycles. The van der Waals surface area contributed by atoms with E-state index in [1.54, 1.807) is 0 Å². The van der Waals surface area contributed by atoms with Gasteiger partial charge in [-0.1, -0.05) is 43.7 Å². The molecule has 0 radical (unpaired) electrons. The summed E-state index contributed by atoms with van der Waals surface area (Å²) in [7, 11) is 2.02. The lowest BCUT2D eigenvalue weighted by Crippen LogP contribution is -2.21. The van der Waals surface area contributed by atoms with Crippen LogP contribution in [0.1, 0.15) is 31.0 Å². The van der Waals surface area contributed by atoms with Crippen molar-refractivity contribution in [3.63, 3.8) is 0 Å². The highest BCUT2D eigenvalue weighted by Gasteiger charge is 2.12. The van der Waals surface area contributed by atoms with E-state index in [-0.39, 0.29) is 0 Å². The molecule has 0 saturated carbocycles. The molecule has 13 heavy (non-hydrogen) atoms. The molecule has 0 heterocycles. The first-order valence-electron chi connectivity index (χ1n) is 4.89. The van der Waals surface area contributed by atoms with Crippen LogP contribution < -0.4 is 5.32 Å². The lowest BCUT2D eigenvalue weighted by molar-refractivity contribution is 0.443. The predicted molar refractivity (Wildman–Crippen MR) is 57.8 cm³/mol. The summed E-state index contributed by atoms with van der Waals surface area (Å²) in [5, 5.41) is 3.34. The molecule has 0 bridgehead atoms. The van der Waals surface area contributed by atoms with Crippen LogP contribution >= 0.6 is 0 Å². The van der Waals surface area contributed by atoms with Gasteiger partial charge in [-0.05, 0) is 25.5 Å². The molecule has 0 amide bonds. The number of aryl methyl sites for hydroxylation is 1. The zero-order valence-electron chi connectivity index (χ0n) is 8.96. The molecule has 1 unspecified atom stereocenters. The van der Waals surface area contributed by atoms with Crippen molar-refractivity contribution in [3.8, 4) is 0 Å². The quantitative estimate of drug-likeness (QED) is 0.748. The second kappa shape index (κ2) is 4.43. The Hall–Kier alpha value is -0.820. The number of rotatable bonds is 3. The molecule has 1 heteroatoms. The van der Waals surface area contributed by atoms with Gasteiger partial charge in [0.15, 0.2) is 0 Å². The third-order valence-electron chi connectivity index (χ3n) is 2.41. The van der Waals surface area contributed by atoms with Crippen molar-refractivity contribution in [3.05, 3.63) is 35.4 Å². The van der Waals surface area contributed by atoms with Crippen molar-refractivity contribution in [1.29, 1.82) is 0 Å². The van der Waals surface area contributed by atoms with Gasteiger partial charge in [0.25, 0.3) is 0 Å². The minimum Gasteiger partial charge on any atom is -0.313 e. The molecule has 1 aromatic carbocycles. The molecule has 0 fully saturated rings. The monoisotopic (exact) mass is 177 g/mol. The fourth-order valence-corrected chi connectivity index (χ4v) is 1.66. The van der Waals surface area contributed by atoms with E-state index in [9.17, 15) is 0 Å². The highest BCUT2D eigenvalue weighted by atomic mass is 14.9. The average Bonchev–Trinajstić information content (AvgIpc) is 2.09. The molecule has 0 saturated heterocycles. The molecule has 1 N–H and O–H groups in total. The minimum atomic E-state index is 0.473. The Morgan fingerprint density at radius 1 is 1.08 bits per heavy atom. The molecule has 0 aromatic heterocycles. The van der Waals surface area contributed by atoms with Crippen LogP contribution in [0, 0.1) is 12.8 Å². The molecular formula is C12H19N. The third kappa shape index (κ3) is 2.56. The van der Waals surface area contributed by atoms with Crippen molar-refractivity contribution in [2.45, 2.75) is 26.8 Å². The van der Waals surface area contributed by atoms with Crippen LogP contribution in [0.5, 0.6) is 0 Å². The predicted octanol–water partition coefficient (Wildman–Crippen LogP) is 2.91. The summed E-state index contributed by atoms with van der Waals surface area (Å²) in [4.78, 5) is 0. The first-order chi connectivity index (χ1) is 6.15. The topological polar surface area (TPSA) is 12.0 Å². The Kier molecular flexibility index (Phi) is 3.49. The number of nitrogens with one attached hydrogen (secondary N) is 1. The van der Waals surface area contributed by atoms with Crippen molar-refractivity contribution in [1.82, 2.24) is 5.32 Å². The van der Waals surface area contributed by atoms with Gasteiger partial charge in [0.2, 0.25) is 0 Å². The zero-order chi connectivity index (χ0) is 9.84. The maximum absolute atomic E-state index is 3.34. The second-order valence-corrected chi connectivity index (χ2v) is 3.92. The van der Waals surface area contributed by atoms with E-state index in [1.165, 1.54) is 11.1 Å². The number of benzene rings is 1. The summed E-state index contributed by atoms with van der Waals surface area (Å²) in [6.45, 7) is 6.59. The van der Waals surface area contributed by atoms with Crippen LogP contribution in [0.15, 0.2) is 24.3 Å². The Morgan fingerprint density at radius 3 is 2.00 bits per heavy atom. The summed E-state index contributed by atoms with van der Waals surface area (Å²) >= 11 is 0. The van der Waals surface area contributed by atoms with Gasteiger partial charge in [-0.15, -0.1) is 0 Å². The Labute approximate surface area is 81.2 Å². The van der Waals surface area contributed by atoms with E-state index < -0.39 is 0 Å². The summed E-state index contributed by atoms with van der Waals surface area (Å²) < 4.78 is 0. The molecule has 1 rings (SSSR count). The SMILES string of the molecule is CNC(c1ccc(C)cc1)C(C)C. The highest BCUT2D eigenvalue weighted by molar-refractivity contribution is 5.24. The molecule has 1 aromatic rings. The van der Waals surface area contributed by atoms with Gasteiger partial charge in [0.1, 0.15) is 0 Å². The van der Waals surface area contributed by atoms with Crippen molar-refractivity contribution in [2.24, 2.45) is 5.92 Å². The van der Waals surface area contributed by atoms with Crippen LogP contribution in [0.2, 0.25) is 0 Å². The summed E-state index contributed by atoms with van der Waals surface area (Å²) in [5.74, 6) is 0.632. The molecule has 0 spiro atoms. The van der Waals surface area contributed by atoms with Crippen molar-refractivity contribution in [2.75, 3.05) is 7.05 Å². The van der Waals surface area contributed by atoms with Gasteiger partial charge in [-0.2, -0.15) is 0 Å². The van der Waals surface area contributed by atoms with E-state index >= 15 is 0 Å². The summed E-state index contributed by atoms with van der Waals surface area (Å²) in [5.41, 5.74) is 2.70. The highest BCUT2D eigenvalue weighted by Crippen LogP contribution is 2.20. The number of hydrogen-bond acceptors (Lipinski definition) is 1. The smallest absolute Gasteiger partial charge is 0.0340 e. The third-order valence-corrected chi connectivity index (χ3v) is 2.41.